The summed E-state index contributed by atoms with van der Waals surface area (Å²) in [6.07, 6.45) is 2.58. The maximum atomic E-state index is 4.39. The quantitative estimate of drug-likeness (QED) is 0.493. The van der Waals surface area contributed by atoms with Crippen molar-refractivity contribution in [1.82, 2.24) is 20.9 Å². The van der Waals surface area contributed by atoms with Gasteiger partial charge in [0.25, 0.3) is 0 Å². The molecule has 1 aromatic rings. The number of hydrogen-bond acceptors (Lipinski definition) is 3. The molecular formula is C21H37N5. The molecule has 1 aliphatic rings. The molecule has 0 bridgehead atoms. The highest BCUT2D eigenvalue weighted by Gasteiger charge is 2.24. The van der Waals surface area contributed by atoms with Gasteiger partial charge in [-0.1, -0.05) is 37.3 Å². The van der Waals surface area contributed by atoms with Crippen LogP contribution in [0.15, 0.2) is 35.3 Å². The number of aliphatic imine (C=N–C) groups is 1. The van der Waals surface area contributed by atoms with Crippen LogP contribution >= 0.6 is 0 Å². The van der Waals surface area contributed by atoms with Crippen LogP contribution in [0.4, 0.5) is 0 Å². The number of likely N-dealkylation sites (N-methyl/N-ethyl adjacent to an activating group) is 1. The number of guanidine groups is 1. The molecule has 1 heterocycles. The van der Waals surface area contributed by atoms with E-state index in [1.54, 1.807) is 0 Å². The first kappa shape index (κ1) is 20.7. The molecule has 0 amide bonds. The summed E-state index contributed by atoms with van der Waals surface area (Å²) in [6.45, 7) is 13.0. The van der Waals surface area contributed by atoms with E-state index in [-0.39, 0.29) is 5.54 Å². The van der Waals surface area contributed by atoms with Crippen LogP contribution in [0.2, 0.25) is 0 Å². The van der Waals surface area contributed by atoms with Crippen LogP contribution in [0.25, 0.3) is 0 Å². The first-order chi connectivity index (χ1) is 12.4. The second-order valence-electron chi connectivity index (χ2n) is 7.89. The van der Waals surface area contributed by atoms with Crippen molar-refractivity contribution in [3.63, 3.8) is 0 Å². The van der Waals surface area contributed by atoms with Gasteiger partial charge in [0, 0.05) is 37.8 Å². The van der Waals surface area contributed by atoms with Crippen LogP contribution in [0.1, 0.15) is 52.1 Å². The normalized spacial score (nSPS) is 20.2. The van der Waals surface area contributed by atoms with Gasteiger partial charge in [-0.3, -0.25) is 9.89 Å². The molecule has 146 valence electrons. The first-order valence-corrected chi connectivity index (χ1v) is 9.96. The largest absolute Gasteiger partial charge is 0.355 e. The number of hydrogen-bond donors (Lipinski definition) is 3. The van der Waals surface area contributed by atoms with E-state index in [1.807, 2.05) is 7.05 Å². The fraction of sp³-hybridized carbons (Fsp3) is 0.667. The minimum Gasteiger partial charge on any atom is -0.355 e. The van der Waals surface area contributed by atoms with E-state index in [1.165, 1.54) is 24.9 Å². The minimum absolute atomic E-state index is 0.0459. The predicted molar refractivity (Wildman–Crippen MR) is 112 cm³/mol. The molecule has 2 atom stereocenters. The van der Waals surface area contributed by atoms with Gasteiger partial charge in [0.1, 0.15) is 0 Å². The molecular weight excluding hydrogens is 322 g/mol. The van der Waals surface area contributed by atoms with Gasteiger partial charge in [-0.2, -0.15) is 0 Å². The highest BCUT2D eigenvalue weighted by Crippen LogP contribution is 2.16. The highest BCUT2D eigenvalue weighted by molar-refractivity contribution is 5.79. The lowest BCUT2D eigenvalue weighted by Gasteiger charge is -2.32. The molecule has 26 heavy (non-hydrogen) atoms. The lowest BCUT2D eigenvalue weighted by atomic mass is 10.0. The second-order valence-corrected chi connectivity index (χ2v) is 7.89. The van der Waals surface area contributed by atoms with Crippen molar-refractivity contribution in [2.75, 3.05) is 33.2 Å². The number of benzene rings is 1. The van der Waals surface area contributed by atoms with E-state index < -0.39 is 0 Å². The van der Waals surface area contributed by atoms with Crippen LogP contribution in [0, 0.1) is 0 Å². The lowest BCUT2D eigenvalue weighted by molar-refractivity contribution is 0.266. The maximum Gasteiger partial charge on any atom is 0.191 e. The third-order valence-corrected chi connectivity index (χ3v) is 5.24. The topological polar surface area (TPSA) is 51.7 Å². The van der Waals surface area contributed by atoms with Crippen LogP contribution < -0.4 is 16.0 Å². The average Bonchev–Trinajstić information content (AvgIpc) is 3.09. The molecule has 3 N–H and O–H groups in total. The third kappa shape index (κ3) is 6.29. The molecule has 0 saturated carbocycles. The molecule has 2 rings (SSSR count). The lowest BCUT2D eigenvalue weighted by Crippen LogP contribution is -2.53. The Bertz CT molecular complexity index is 555. The Kier molecular flexibility index (Phi) is 7.91. The highest BCUT2D eigenvalue weighted by atomic mass is 15.2. The average molecular weight is 360 g/mol. The SMILES string of the molecule is CCN1CCCC1CNC(=NC)NCC(C)(C)NC(C)c1ccccc1. The van der Waals surface area contributed by atoms with E-state index in [2.05, 4.69) is 83.9 Å². The molecule has 1 fully saturated rings. The Labute approximate surface area is 159 Å². The van der Waals surface area contributed by atoms with Gasteiger partial charge in [-0.25, -0.2) is 0 Å². The van der Waals surface area contributed by atoms with Crippen LogP contribution in [-0.4, -0.2) is 55.7 Å². The summed E-state index contributed by atoms with van der Waals surface area (Å²) in [5.41, 5.74) is 1.26. The fourth-order valence-electron chi connectivity index (χ4n) is 3.74. The summed E-state index contributed by atoms with van der Waals surface area (Å²) in [5.74, 6) is 0.884. The second kappa shape index (κ2) is 9.93. The van der Waals surface area contributed by atoms with Crippen LogP contribution in [0.3, 0.4) is 0 Å². The van der Waals surface area contributed by atoms with E-state index in [9.17, 15) is 0 Å². The molecule has 0 aromatic heterocycles. The first-order valence-electron chi connectivity index (χ1n) is 9.96. The molecule has 0 spiro atoms. The Morgan fingerprint density at radius 1 is 1.27 bits per heavy atom. The molecule has 0 aliphatic carbocycles. The van der Waals surface area contributed by atoms with Gasteiger partial charge in [-0.15, -0.1) is 0 Å². The maximum absolute atomic E-state index is 4.39. The van der Waals surface area contributed by atoms with E-state index in [0.29, 0.717) is 12.1 Å². The van der Waals surface area contributed by atoms with Gasteiger partial charge in [0.05, 0.1) is 0 Å². The summed E-state index contributed by atoms with van der Waals surface area (Å²) in [7, 11) is 1.84. The number of rotatable bonds is 8. The Hall–Kier alpha value is -1.59. The zero-order valence-corrected chi connectivity index (χ0v) is 17.2. The zero-order chi connectivity index (χ0) is 19.0. The Balaban J connectivity index is 1.79. The van der Waals surface area contributed by atoms with Crippen LogP contribution in [0.5, 0.6) is 0 Å². The predicted octanol–water partition coefficient (Wildman–Crippen LogP) is 2.77. The third-order valence-electron chi connectivity index (χ3n) is 5.24. The molecule has 1 saturated heterocycles. The van der Waals surface area contributed by atoms with Crippen LogP contribution in [-0.2, 0) is 0 Å². The minimum atomic E-state index is -0.0459. The zero-order valence-electron chi connectivity index (χ0n) is 17.2. The molecule has 5 heteroatoms. The van der Waals surface area contributed by atoms with Crippen molar-refractivity contribution >= 4 is 5.96 Å². The molecule has 2 unspecified atom stereocenters. The molecule has 5 nitrogen and oxygen atoms in total. The van der Waals surface area contributed by atoms with Gasteiger partial charge < -0.3 is 16.0 Å². The summed E-state index contributed by atoms with van der Waals surface area (Å²) in [5, 5.41) is 10.7. The van der Waals surface area contributed by atoms with E-state index >= 15 is 0 Å². The molecule has 1 aromatic carbocycles. The van der Waals surface area contributed by atoms with Gasteiger partial charge in [0.2, 0.25) is 0 Å². The van der Waals surface area contributed by atoms with Gasteiger partial charge in [0.15, 0.2) is 5.96 Å². The van der Waals surface area contributed by atoms with Crippen molar-refractivity contribution < 1.29 is 0 Å². The summed E-state index contributed by atoms with van der Waals surface area (Å²) in [4.78, 5) is 6.94. The summed E-state index contributed by atoms with van der Waals surface area (Å²) < 4.78 is 0. The standard InChI is InChI=1S/C21H37N5/c1-6-26-14-10-13-19(26)15-23-20(22-5)24-16-21(3,4)25-17(2)18-11-8-7-9-12-18/h7-9,11-12,17,19,25H,6,10,13-16H2,1-5H3,(H2,22,23,24). The van der Waals surface area contributed by atoms with Gasteiger partial charge in [-0.05, 0) is 52.3 Å². The molecule has 0 radical (unpaired) electrons. The smallest absolute Gasteiger partial charge is 0.191 e. The van der Waals surface area contributed by atoms with Crippen molar-refractivity contribution in [1.29, 1.82) is 0 Å². The fourth-order valence-corrected chi connectivity index (χ4v) is 3.74. The van der Waals surface area contributed by atoms with E-state index in [0.717, 1.165) is 25.6 Å². The van der Waals surface area contributed by atoms with Crippen molar-refractivity contribution in [3.8, 4) is 0 Å². The monoisotopic (exact) mass is 359 g/mol. The van der Waals surface area contributed by atoms with Gasteiger partial charge >= 0.3 is 0 Å². The van der Waals surface area contributed by atoms with E-state index in [4.69, 9.17) is 0 Å². The Morgan fingerprint density at radius 2 is 2.00 bits per heavy atom. The number of nitrogens with one attached hydrogen (secondary N) is 3. The number of likely N-dealkylation sites (tertiary alicyclic amines) is 1. The van der Waals surface area contributed by atoms with Crippen molar-refractivity contribution in [2.45, 2.75) is 58.2 Å². The Morgan fingerprint density at radius 3 is 2.65 bits per heavy atom. The summed E-state index contributed by atoms with van der Waals surface area (Å²) >= 11 is 0. The van der Waals surface area contributed by atoms with Crippen molar-refractivity contribution in [2.24, 2.45) is 4.99 Å². The number of nitrogens with zero attached hydrogens (tertiary/aromatic N) is 2. The molecule has 1 aliphatic heterocycles. The van der Waals surface area contributed by atoms with Crippen molar-refractivity contribution in [3.05, 3.63) is 35.9 Å². The summed E-state index contributed by atoms with van der Waals surface area (Å²) in [6, 6.07) is 11.5.